The minimum absolute atomic E-state index is 0.140. The maximum absolute atomic E-state index is 12.5. The molecular weight excluding hydrogens is 178 g/mol. The summed E-state index contributed by atoms with van der Waals surface area (Å²) in [5.74, 6) is -2.92. The molecule has 68 valence electrons. The van der Waals surface area contributed by atoms with E-state index in [4.69, 9.17) is 0 Å². The fourth-order valence-corrected chi connectivity index (χ4v) is 0.836. The van der Waals surface area contributed by atoms with Crippen LogP contribution < -0.4 is 5.11 Å². The summed E-state index contributed by atoms with van der Waals surface area (Å²) in [4.78, 5) is 9.96. The first-order valence-electron chi connectivity index (χ1n) is 3.43. The highest BCUT2D eigenvalue weighted by atomic mass is 19.1. The lowest BCUT2D eigenvalue weighted by atomic mass is 10.2. The summed E-state index contributed by atoms with van der Waals surface area (Å²) < 4.78 is 25.0. The van der Waals surface area contributed by atoms with Gasteiger partial charge in [0.2, 0.25) is 0 Å². The largest absolute Gasteiger partial charge is 0.545 e. The molecular formula is C9H5F2O2-. The van der Waals surface area contributed by atoms with E-state index in [0.29, 0.717) is 12.1 Å². The van der Waals surface area contributed by atoms with Gasteiger partial charge in [-0.2, -0.15) is 0 Å². The Morgan fingerprint density at radius 3 is 2.23 bits per heavy atom. The molecule has 0 atom stereocenters. The van der Waals surface area contributed by atoms with Crippen molar-refractivity contribution in [3.63, 3.8) is 0 Å². The van der Waals surface area contributed by atoms with E-state index in [2.05, 4.69) is 0 Å². The smallest absolute Gasteiger partial charge is 0.126 e. The van der Waals surface area contributed by atoms with Crippen LogP contribution in [0.25, 0.3) is 6.08 Å². The van der Waals surface area contributed by atoms with Gasteiger partial charge in [-0.25, -0.2) is 8.78 Å². The second kappa shape index (κ2) is 3.80. The molecule has 0 aliphatic rings. The maximum atomic E-state index is 12.5. The number of halogens is 2. The number of rotatable bonds is 2. The Labute approximate surface area is 73.1 Å². The topological polar surface area (TPSA) is 40.1 Å². The molecule has 1 aromatic carbocycles. The molecule has 1 rings (SSSR count). The Bertz CT molecular complexity index is 338. The summed E-state index contributed by atoms with van der Waals surface area (Å²) >= 11 is 0. The van der Waals surface area contributed by atoms with Gasteiger partial charge < -0.3 is 9.90 Å². The van der Waals surface area contributed by atoms with Gasteiger partial charge in [-0.3, -0.25) is 0 Å². The lowest BCUT2D eigenvalue weighted by Crippen LogP contribution is -2.18. The highest BCUT2D eigenvalue weighted by Crippen LogP contribution is 2.08. The number of benzene rings is 1. The van der Waals surface area contributed by atoms with Gasteiger partial charge in [0.25, 0.3) is 0 Å². The zero-order valence-corrected chi connectivity index (χ0v) is 6.46. The van der Waals surface area contributed by atoms with E-state index < -0.39 is 17.6 Å². The maximum Gasteiger partial charge on any atom is 0.126 e. The molecule has 0 N–H and O–H groups in total. The molecule has 0 amide bonds. The molecule has 0 radical (unpaired) electrons. The summed E-state index contributed by atoms with van der Waals surface area (Å²) in [5.41, 5.74) is 0.140. The highest BCUT2D eigenvalue weighted by molar-refractivity contribution is 5.83. The fraction of sp³-hybridized carbons (Fsp3) is 0. The van der Waals surface area contributed by atoms with Crippen LogP contribution in [0.15, 0.2) is 24.3 Å². The minimum atomic E-state index is -1.41. The Morgan fingerprint density at radius 2 is 1.77 bits per heavy atom. The van der Waals surface area contributed by atoms with Crippen LogP contribution in [-0.4, -0.2) is 5.97 Å². The predicted molar refractivity (Wildman–Crippen MR) is 40.4 cm³/mol. The van der Waals surface area contributed by atoms with Crippen LogP contribution in [0.3, 0.4) is 0 Å². The Hall–Kier alpha value is -1.71. The van der Waals surface area contributed by atoms with Gasteiger partial charge in [0.1, 0.15) is 11.6 Å². The standard InChI is InChI=1S/C9H6F2O2/c10-7-3-6(1-2-9(12)13)4-8(11)5-7/h1-5H,(H,12,13)/p-1/b2-1-. The second-order valence-electron chi connectivity index (χ2n) is 2.36. The van der Waals surface area contributed by atoms with E-state index in [1.807, 2.05) is 0 Å². The third kappa shape index (κ3) is 3.02. The van der Waals surface area contributed by atoms with Crippen LogP contribution in [0.2, 0.25) is 0 Å². The molecule has 0 aliphatic carbocycles. The van der Waals surface area contributed by atoms with Gasteiger partial charge in [0.15, 0.2) is 0 Å². The molecule has 13 heavy (non-hydrogen) atoms. The third-order valence-corrected chi connectivity index (χ3v) is 1.30. The molecule has 0 unspecified atom stereocenters. The van der Waals surface area contributed by atoms with E-state index in [-0.39, 0.29) is 5.56 Å². The van der Waals surface area contributed by atoms with Crippen molar-refractivity contribution in [1.82, 2.24) is 0 Å². The average Bonchev–Trinajstić information content (AvgIpc) is 1.99. The molecule has 0 fully saturated rings. The average molecular weight is 183 g/mol. The molecule has 1 aromatic rings. The van der Waals surface area contributed by atoms with E-state index in [1.165, 1.54) is 0 Å². The molecule has 2 nitrogen and oxygen atoms in total. The third-order valence-electron chi connectivity index (χ3n) is 1.30. The Kier molecular flexibility index (Phi) is 2.74. The quantitative estimate of drug-likeness (QED) is 0.634. The van der Waals surface area contributed by atoms with Crippen LogP contribution in [0.5, 0.6) is 0 Å². The van der Waals surface area contributed by atoms with Crippen LogP contribution in [0, 0.1) is 11.6 Å². The summed E-state index contributed by atoms with van der Waals surface area (Å²) in [6.45, 7) is 0. The second-order valence-corrected chi connectivity index (χ2v) is 2.36. The minimum Gasteiger partial charge on any atom is -0.545 e. The fourth-order valence-electron chi connectivity index (χ4n) is 0.836. The van der Waals surface area contributed by atoms with Crippen molar-refractivity contribution in [2.45, 2.75) is 0 Å². The lowest BCUT2D eigenvalue weighted by Gasteiger charge is -1.95. The zero-order valence-electron chi connectivity index (χ0n) is 6.46. The molecule has 0 aromatic heterocycles. The highest BCUT2D eigenvalue weighted by Gasteiger charge is 1.96. The first-order chi connectivity index (χ1) is 6.08. The molecule has 0 bridgehead atoms. The SMILES string of the molecule is O=C([O-])/C=C\c1cc(F)cc(F)c1. The first kappa shape index (κ1) is 9.38. The van der Waals surface area contributed by atoms with Crippen molar-refractivity contribution in [3.05, 3.63) is 41.5 Å². The van der Waals surface area contributed by atoms with Crippen LogP contribution in [-0.2, 0) is 4.79 Å². The van der Waals surface area contributed by atoms with Crippen molar-refractivity contribution in [1.29, 1.82) is 0 Å². The van der Waals surface area contributed by atoms with E-state index in [9.17, 15) is 18.7 Å². The Morgan fingerprint density at radius 1 is 1.23 bits per heavy atom. The van der Waals surface area contributed by atoms with Crippen LogP contribution in [0.4, 0.5) is 8.78 Å². The molecule has 4 heteroatoms. The first-order valence-corrected chi connectivity index (χ1v) is 3.43. The van der Waals surface area contributed by atoms with Crippen molar-refractivity contribution in [2.24, 2.45) is 0 Å². The summed E-state index contributed by atoms with van der Waals surface area (Å²) in [6.07, 6.45) is 1.76. The van der Waals surface area contributed by atoms with Gasteiger partial charge in [0, 0.05) is 6.07 Å². The zero-order chi connectivity index (χ0) is 9.84. The van der Waals surface area contributed by atoms with Crippen molar-refractivity contribution >= 4 is 12.0 Å². The van der Waals surface area contributed by atoms with Gasteiger partial charge in [-0.1, -0.05) is 6.08 Å². The van der Waals surface area contributed by atoms with Crippen LogP contribution >= 0.6 is 0 Å². The van der Waals surface area contributed by atoms with Gasteiger partial charge in [0.05, 0.1) is 5.97 Å². The number of carbonyl (C=O) groups is 1. The predicted octanol–water partition coefficient (Wildman–Crippen LogP) is 0.728. The molecule has 0 heterocycles. The van der Waals surface area contributed by atoms with Gasteiger partial charge in [-0.15, -0.1) is 0 Å². The normalized spacial score (nSPS) is 10.6. The van der Waals surface area contributed by atoms with E-state index in [1.54, 1.807) is 0 Å². The number of carboxylic acids is 1. The molecule has 0 saturated heterocycles. The molecule has 0 saturated carbocycles. The van der Waals surface area contributed by atoms with Crippen molar-refractivity contribution in [3.8, 4) is 0 Å². The Balaban J connectivity index is 2.95. The van der Waals surface area contributed by atoms with Gasteiger partial charge in [-0.05, 0) is 23.8 Å². The number of carboxylic acid groups (broad SMARTS) is 1. The van der Waals surface area contributed by atoms with Crippen molar-refractivity contribution in [2.75, 3.05) is 0 Å². The monoisotopic (exact) mass is 183 g/mol. The number of hydrogen-bond donors (Lipinski definition) is 0. The summed E-state index contributed by atoms with van der Waals surface area (Å²) in [7, 11) is 0. The van der Waals surface area contributed by atoms with Crippen LogP contribution in [0.1, 0.15) is 5.56 Å². The summed E-state index contributed by atoms with van der Waals surface area (Å²) in [5, 5.41) is 9.96. The van der Waals surface area contributed by atoms with Crippen molar-refractivity contribution < 1.29 is 18.7 Å². The molecule has 0 spiro atoms. The summed E-state index contributed by atoms with van der Waals surface area (Å²) in [6, 6.07) is 2.74. The van der Waals surface area contributed by atoms with E-state index >= 15 is 0 Å². The lowest BCUT2D eigenvalue weighted by molar-refractivity contribution is -0.297. The molecule has 0 aliphatic heterocycles. The number of aliphatic carboxylic acids is 1. The number of carbonyl (C=O) groups excluding carboxylic acids is 1. The van der Waals surface area contributed by atoms with E-state index in [0.717, 1.165) is 18.2 Å². The number of hydrogen-bond acceptors (Lipinski definition) is 2. The van der Waals surface area contributed by atoms with Gasteiger partial charge >= 0.3 is 0 Å².